The fraction of sp³-hybridized carbons (Fsp3) is 0.409. The first-order valence-corrected chi connectivity index (χ1v) is 9.36. The van der Waals surface area contributed by atoms with E-state index in [2.05, 4.69) is 0 Å². The second-order valence-corrected chi connectivity index (χ2v) is 8.41. The molecule has 1 aliphatic rings. The molecule has 2 aromatic carbocycles. The maximum atomic E-state index is 13.3. The summed E-state index contributed by atoms with van der Waals surface area (Å²) in [7, 11) is 0. The van der Waals surface area contributed by atoms with Crippen molar-refractivity contribution in [3.63, 3.8) is 0 Å². The lowest BCUT2D eigenvalue weighted by molar-refractivity contribution is -0.143. The molecule has 1 aliphatic heterocycles. The van der Waals surface area contributed by atoms with Crippen LogP contribution < -0.4 is 4.90 Å². The van der Waals surface area contributed by atoms with E-state index in [9.17, 15) is 31.1 Å². The Morgan fingerprint density at radius 1 is 0.967 bits per heavy atom. The van der Waals surface area contributed by atoms with Crippen LogP contribution in [0.15, 0.2) is 36.4 Å². The molecule has 30 heavy (non-hydrogen) atoms. The van der Waals surface area contributed by atoms with E-state index < -0.39 is 40.5 Å². The van der Waals surface area contributed by atoms with Gasteiger partial charge < -0.3 is 4.90 Å². The Morgan fingerprint density at radius 2 is 1.50 bits per heavy atom. The molecule has 0 fully saturated rings. The number of hydrogen-bond acceptors (Lipinski definition) is 1. The quantitative estimate of drug-likeness (QED) is 0.449. The van der Waals surface area contributed by atoms with Crippen LogP contribution in [0.5, 0.6) is 0 Å². The number of amides is 1. The summed E-state index contributed by atoms with van der Waals surface area (Å²) < 4.78 is 79.4. The van der Waals surface area contributed by atoms with Gasteiger partial charge in [0.25, 0.3) is 5.91 Å². The van der Waals surface area contributed by atoms with E-state index in [4.69, 9.17) is 0 Å². The highest BCUT2D eigenvalue weighted by molar-refractivity contribution is 6.08. The predicted octanol–water partition coefficient (Wildman–Crippen LogP) is 6.97. The molecule has 0 radical (unpaired) electrons. The highest BCUT2D eigenvalue weighted by atomic mass is 19.4. The van der Waals surface area contributed by atoms with E-state index in [0.29, 0.717) is 24.2 Å². The number of rotatable bonds is 1. The van der Waals surface area contributed by atoms with Gasteiger partial charge in [0.15, 0.2) is 0 Å². The number of alkyl halides is 6. The maximum absolute atomic E-state index is 13.3. The van der Waals surface area contributed by atoms with Crippen molar-refractivity contribution in [2.75, 3.05) is 4.90 Å². The Labute approximate surface area is 170 Å². The molecule has 0 aliphatic carbocycles. The van der Waals surface area contributed by atoms with E-state index in [-0.39, 0.29) is 12.0 Å². The third kappa shape index (κ3) is 4.04. The van der Waals surface area contributed by atoms with Gasteiger partial charge in [0.05, 0.1) is 11.1 Å². The van der Waals surface area contributed by atoms with Gasteiger partial charge in [-0.25, -0.2) is 0 Å². The molecule has 1 atom stereocenters. The number of carbonyl (C=O) groups excluding carboxylic acids is 1. The molecule has 0 aromatic heterocycles. The second kappa shape index (κ2) is 7.03. The fourth-order valence-corrected chi connectivity index (χ4v) is 4.14. The summed E-state index contributed by atoms with van der Waals surface area (Å²) in [6, 6.07) is 6.35. The number of anilines is 1. The Balaban J connectivity index is 2.20. The van der Waals surface area contributed by atoms with Gasteiger partial charge >= 0.3 is 12.4 Å². The summed E-state index contributed by atoms with van der Waals surface area (Å²) >= 11 is 0. The minimum absolute atomic E-state index is 0.0253. The predicted molar refractivity (Wildman–Crippen MR) is 102 cm³/mol. The topological polar surface area (TPSA) is 20.3 Å². The van der Waals surface area contributed by atoms with Gasteiger partial charge in [0, 0.05) is 16.8 Å². The number of nitrogens with zero attached hydrogens (tertiary/aromatic N) is 1. The number of fused-ring (bicyclic) bond motifs is 1. The highest BCUT2D eigenvalue weighted by Crippen LogP contribution is 2.45. The van der Waals surface area contributed by atoms with Crippen molar-refractivity contribution in [3.8, 4) is 0 Å². The van der Waals surface area contributed by atoms with Crippen molar-refractivity contribution >= 4 is 11.6 Å². The molecular weight excluding hydrogens is 408 g/mol. The van der Waals surface area contributed by atoms with Gasteiger partial charge in [-0.2, -0.15) is 26.3 Å². The first-order valence-electron chi connectivity index (χ1n) is 9.36. The summed E-state index contributed by atoms with van der Waals surface area (Å²) in [6.45, 7) is 7.36. The van der Waals surface area contributed by atoms with E-state index >= 15 is 0 Å². The van der Waals surface area contributed by atoms with Crippen LogP contribution in [0.4, 0.5) is 32.0 Å². The van der Waals surface area contributed by atoms with Crippen molar-refractivity contribution in [2.45, 2.75) is 57.9 Å². The van der Waals surface area contributed by atoms with Crippen molar-refractivity contribution in [2.24, 2.45) is 0 Å². The van der Waals surface area contributed by atoms with E-state index in [1.165, 1.54) is 4.90 Å². The van der Waals surface area contributed by atoms with Crippen LogP contribution in [0.1, 0.15) is 65.7 Å². The molecule has 0 saturated carbocycles. The first kappa shape index (κ1) is 22.2. The maximum Gasteiger partial charge on any atom is 0.416 e. The highest BCUT2D eigenvalue weighted by Gasteiger charge is 2.42. The molecule has 2 aromatic rings. The summed E-state index contributed by atoms with van der Waals surface area (Å²) in [5.74, 6) is -0.820. The fourth-order valence-electron chi connectivity index (χ4n) is 4.14. The third-order valence-electron chi connectivity index (χ3n) is 5.40. The van der Waals surface area contributed by atoms with Gasteiger partial charge in [-0.15, -0.1) is 0 Å². The van der Waals surface area contributed by atoms with Gasteiger partial charge in [0.1, 0.15) is 0 Å². The van der Waals surface area contributed by atoms with Crippen LogP contribution in [0.2, 0.25) is 0 Å². The minimum atomic E-state index is -5.02. The molecule has 3 rings (SSSR count). The lowest BCUT2D eigenvalue weighted by Crippen LogP contribution is -2.51. The van der Waals surface area contributed by atoms with Crippen molar-refractivity contribution in [1.29, 1.82) is 0 Å². The van der Waals surface area contributed by atoms with Crippen molar-refractivity contribution < 1.29 is 31.1 Å². The standard InChI is InChI=1S/C22H21F6NO/c1-12-5-6-18-17(7-12)13(2)11-20(3,4)29(18)19(30)14-8-15(21(23,24)25)10-16(9-14)22(26,27)28/h5-10,13H,11H2,1-4H3/t13-/m1/s1. The van der Waals surface area contributed by atoms with Crippen LogP contribution in [-0.4, -0.2) is 11.4 Å². The monoisotopic (exact) mass is 429 g/mol. The lowest BCUT2D eigenvalue weighted by Gasteiger charge is -2.46. The van der Waals surface area contributed by atoms with Crippen LogP contribution in [0.3, 0.4) is 0 Å². The number of halogens is 6. The molecule has 0 N–H and O–H groups in total. The second-order valence-electron chi connectivity index (χ2n) is 8.41. The van der Waals surface area contributed by atoms with E-state index in [0.717, 1.165) is 11.1 Å². The van der Waals surface area contributed by atoms with Gasteiger partial charge in [-0.1, -0.05) is 24.6 Å². The van der Waals surface area contributed by atoms with Crippen LogP contribution >= 0.6 is 0 Å². The van der Waals surface area contributed by atoms with Gasteiger partial charge in [-0.3, -0.25) is 4.79 Å². The average molecular weight is 429 g/mol. The smallest absolute Gasteiger partial charge is 0.303 e. The Hall–Kier alpha value is -2.51. The molecule has 2 nitrogen and oxygen atoms in total. The molecular formula is C22H21F6NO. The minimum Gasteiger partial charge on any atom is -0.303 e. The summed E-state index contributed by atoms with van der Waals surface area (Å²) in [6.07, 6.45) is -9.52. The normalized spacial score (nSPS) is 18.9. The van der Waals surface area contributed by atoms with Crippen molar-refractivity contribution in [1.82, 2.24) is 0 Å². The average Bonchev–Trinajstić information content (AvgIpc) is 2.59. The largest absolute Gasteiger partial charge is 0.416 e. The Kier molecular flexibility index (Phi) is 5.20. The third-order valence-corrected chi connectivity index (χ3v) is 5.40. The zero-order valence-corrected chi connectivity index (χ0v) is 16.9. The zero-order valence-electron chi connectivity index (χ0n) is 16.9. The molecule has 0 spiro atoms. The number of hydrogen-bond donors (Lipinski definition) is 0. The summed E-state index contributed by atoms with van der Waals surface area (Å²) in [5, 5.41) is 0. The summed E-state index contributed by atoms with van der Waals surface area (Å²) in [5.41, 5.74) is -2.17. The summed E-state index contributed by atoms with van der Waals surface area (Å²) in [4.78, 5) is 14.6. The number of aryl methyl sites for hydroxylation is 1. The molecule has 1 heterocycles. The zero-order chi connectivity index (χ0) is 22.6. The van der Waals surface area contributed by atoms with E-state index in [1.54, 1.807) is 26.0 Å². The molecule has 8 heteroatoms. The molecule has 1 amide bonds. The van der Waals surface area contributed by atoms with Crippen LogP contribution in [0.25, 0.3) is 0 Å². The van der Waals surface area contributed by atoms with Crippen molar-refractivity contribution in [3.05, 3.63) is 64.2 Å². The van der Waals surface area contributed by atoms with Crippen LogP contribution in [0, 0.1) is 6.92 Å². The molecule has 162 valence electrons. The molecule has 0 saturated heterocycles. The Morgan fingerprint density at radius 3 is 2.00 bits per heavy atom. The lowest BCUT2D eigenvalue weighted by atomic mass is 9.79. The van der Waals surface area contributed by atoms with E-state index in [1.807, 2.05) is 19.9 Å². The van der Waals surface area contributed by atoms with Gasteiger partial charge in [0.2, 0.25) is 0 Å². The number of carbonyl (C=O) groups is 1. The number of benzene rings is 2. The molecule has 0 bridgehead atoms. The first-order chi connectivity index (χ1) is 13.6. The Bertz CT molecular complexity index is 958. The van der Waals surface area contributed by atoms with Gasteiger partial charge in [-0.05, 0) is 62.9 Å². The van der Waals surface area contributed by atoms with Crippen LogP contribution in [-0.2, 0) is 12.4 Å². The SMILES string of the molecule is Cc1ccc2c(c1)[C@H](C)CC(C)(C)N2C(=O)c1cc(C(F)(F)F)cc(C(F)(F)F)c1. The molecule has 0 unspecified atom stereocenters.